The van der Waals surface area contributed by atoms with Crippen molar-refractivity contribution < 1.29 is 5.11 Å². The highest BCUT2D eigenvalue weighted by molar-refractivity contribution is 9.10. The van der Waals surface area contributed by atoms with E-state index in [0.717, 1.165) is 10.2 Å². The summed E-state index contributed by atoms with van der Waals surface area (Å²) in [4.78, 5) is 4.24. The number of phenolic OH excluding ortho intramolecular Hbond substituents is 1. The number of nitrogens with zero attached hydrogens (tertiary/aromatic N) is 1. The maximum absolute atomic E-state index is 9.75. The summed E-state index contributed by atoms with van der Waals surface area (Å²) in [6.07, 6.45) is 1.52. The summed E-state index contributed by atoms with van der Waals surface area (Å²) in [7, 11) is 0. The summed E-state index contributed by atoms with van der Waals surface area (Å²) >= 11 is 15.0. The first-order valence-electron chi connectivity index (χ1n) is 5.04. The van der Waals surface area contributed by atoms with E-state index in [1.54, 1.807) is 6.07 Å². The van der Waals surface area contributed by atoms with Gasteiger partial charge >= 0.3 is 0 Å². The van der Waals surface area contributed by atoms with Crippen molar-refractivity contribution in [3.05, 3.63) is 56.5 Å². The molecule has 18 heavy (non-hydrogen) atoms. The first kappa shape index (κ1) is 13.4. The maximum Gasteiger partial charge on any atom is 0.143 e. The first-order chi connectivity index (χ1) is 8.56. The molecule has 0 unspecified atom stereocenters. The summed E-state index contributed by atoms with van der Waals surface area (Å²) in [5.74, 6) is -0.0260. The Morgan fingerprint density at radius 3 is 2.44 bits per heavy atom. The summed E-state index contributed by atoms with van der Waals surface area (Å²) in [5.41, 5.74) is 1.25. The van der Waals surface area contributed by atoms with Crippen LogP contribution < -0.4 is 0 Å². The summed E-state index contributed by atoms with van der Waals surface area (Å²) in [6, 6.07) is 10.6. The fourth-order valence-electron chi connectivity index (χ4n) is 1.36. The Labute approximate surface area is 123 Å². The van der Waals surface area contributed by atoms with Crippen LogP contribution in [0.15, 0.2) is 45.9 Å². The normalized spacial score (nSPS) is 11.1. The molecule has 0 fully saturated rings. The molecule has 1 N–H and O–H groups in total. The van der Waals surface area contributed by atoms with Gasteiger partial charge in [-0.05, 0) is 36.4 Å². The quantitative estimate of drug-likeness (QED) is 0.745. The SMILES string of the molecule is Oc1c(Cl)cc(Cl)cc1C=Nc1ccc(Br)cc1. The van der Waals surface area contributed by atoms with Crippen molar-refractivity contribution in [3.63, 3.8) is 0 Å². The monoisotopic (exact) mass is 343 g/mol. The molecule has 0 saturated carbocycles. The molecule has 0 heterocycles. The van der Waals surface area contributed by atoms with Crippen molar-refractivity contribution in [1.82, 2.24) is 0 Å². The minimum absolute atomic E-state index is 0.0260. The number of benzene rings is 2. The van der Waals surface area contributed by atoms with Gasteiger partial charge in [-0.3, -0.25) is 4.99 Å². The zero-order chi connectivity index (χ0) is 13.1. The third-order valence-electron chi connectivity index (χ3n) is 2.24. The topological polar surface area (TPSA) is 32.6 Å². The van der Waals surface area contributed by atoms with Gasteiger partial charge < -0.3 is 5.11 Å². The van der Waals surface area contributed by atoms with Gasteiger partial charge in [-0.1, -0.05) is 39.1 Å². The molecule has 0 aliphatic heterocycles. The van der Waals surface area contributed by atoms with E-state index in [1.165, 1.54) is 12.3 Å². The maximum atomic E-state index is 9.75. The average Bonchev–Trinajstić information content (AvgIpc) is 2.34. The lowest BCUT2D eigenvalue weighted by Crippen LogP contribution is -1.83. The van der Waals surface area contributed by atoms with Gasteiger partial charge in [0.1, 0.15) is 5.75 Å². The number of halogens is 3. The van der Waals surface area contributed by atoms with E-state index >= 15 is 0 Å². The molecule has 2 rings (SSSR count). The van der Waals surface area contributed by atoms with Gasteiger partial charge in [-0.15, -0.1) is 0 Å². The molecular weight excluding hydrogens is 337 g/mol. The number of aliphatic imine (C=N–C) groups is 1. The van der Waals surface area contributed by atoms with Crippen LogP contribution in [-0.2, 0) is 0 Å². The molecule has 2 aromatic rings. The van der Waals surface area contributed by atoms with E-state index in [-0.39, 0.29) is 10.8 Å². The van der Waals surface area contributed by atoms with E-state index in [0.29, 0.717) is 10.6 Å². The van der Waals surface area contributed by atoms with Gasteiger partial charge in [-0.25, -0.2) is 0 Å². The van der Waals surface area contributed by atoms with Crippen LogP contribution in [0.2, 0.25) is 10.0 Å². The third kappa shape index (κ3) is 3.25. The number of phenols is 1. The van der Waals surface area contributed by atoms with Gasteiger partial charge in [0.05, 0.1) is 10.7 Å². The van der Waals surface area contributed by atoms with Crippen molar-refractivity contribution in [1.29, 1.82) is 0 Å². The van der Waals surface area contributed by atoms with Gasteiger partial charge in [0.2, 0.25) is 0 Å². The molecule has 0 aromatic heterocycles. The van der Waals surface area contributed by atoms with Crippen LogP contribution in [0.3, 0.4) is 0 Å². The van der Waals surface area contributed by atoms with Gasteiger partial charge in [0, 0.05) is 21.3 Å². The van der Waals surface area contributed by atoms with E-state index in [4.69, 9.17) is 23.2 Å². The van der Waals surface area contributed by atoms with E-state index in [1.807, 2.05) is 24.3 Å². The second kappa shape index (κ2) is 5.74. The van der Waals surface area contributed by atoms with Crippen LogP contribution in [0.5, 0.6) is 5.75 Å². The second-order valence-electron chi connectivity index (χ2n) is 3.56. The summed E-state index contributed by atoms with van der Waals surface area (Å²) in [5, 5.41) is 10.4. The fourth-order valence-corrected chi connectivity index (χ4v) is 2.13. The van der Waals surface area contributed by atoms with Crippen molar-refractivity contribution in [2.24, 2.45) is 4.99 Å². The highest BCUT2D eigenvalue weighted by Gasteiger charge is 2.05. The number of aromatic hydroxyl groups is 1. The predicted octanol–water partition coefficient (Wildman–Crippen LogP) is 5.21. The summed E-state index contributed by atoms with van der Waals surface area (Å²) < 4.78 is 0.982. The number of hydrogen-bond donors (Lipinski definition) is 1. The molecular formula is C13H8BrCl2NO. The van der Waals surface area contributed by atoms with Crippen LogP contribution in [-0.4, -0.2) is 11.3 Å². The molecule has 0 atom stereocenters. The molecule has 2 nitrogen and oxygen atoms in total. The first-order valence-corrected chi connectivity index (χ1v) is 6.59. The molecule has 5 heteroatoms. The Hall–Kier alpha value is -1.03. The Bertz CT molecular complexity index is 597. The zero-order valence-electron chi connectivity index (χ0n) is 9.07. The molecule has 0 radical (unpaired) electrons. The van der Waals surface area contributed by atoms with Gasteiger partial charge in [-0.2, -0.15) is 0 Å². The van der Waals surface area contributed by atoms with Crippen LogP contribution >= 0.6 is 39.1 Å². The minimum Gasteiger partial charge on any atom is -0.506 e. The highest BCUT2D eigenvalue weighted by Crippen LogP contribution is 2.30. The van der Waals surface area contributed by atoms with Crippen LogP contribution in [0, 0.1) is 0 Å². The lowest BCUT2D eigenvalue weighted by molar-refractivity contribution is 0.475. The molecule has 0 spiro atoms. The lowest BCUT2D eigenvalue weighted by Gasteiger charge is -2.02. The number of rotatable bonds is 2. The average molecular weight is 345 g/mol. The molecule has 2 aromatic carbocycles. The van der Waals surface area contributed by atoms with Crippen molar-refractivity contribution in [2.45, 2.75) is 0 Å². The second-order valence-corrected chi connectivity index (χ2v) is 5.32. The standard InChI is InChI=1S/C13H8BrCl2NO/c14-9-1-3-11(4-2-9)17-7-8-5-10(15)6-12(16)13(8)18/h1-7,18H. The predicted molar refractivity (Wildman–Crippen MR) is 79.5 cm³/mol. The molecule has 92 valence electrons. The van der Waals surface area contributed by atoms with Crippen molar-refractivity contribution in [2.75, 3.05) is 0 Å². The lowest BCUT2D eigenvalue weighted by atomic mass is 10.2. The molecule has 0 amide bonds. The molecule has 0 bridgehead atoms. The van der Waals surface area contributed by atoms with Crippen LogP contribution in [0.4, 0.5) is 5.69 Å². The van der Waals surface area contributed by atoms with Gasteiger partial charge in [0.25, 0.3) is 0 Å². The van der Waals surface area contributed by atoms with Crippen LogP contribution in [0.1, 0.15) is 5.56 Å². The Balaban J connectivity index is 2.31. The highest BCUT2D eigenvalue weighted by atomic mass is 79.9. The summed E-state index contributed by atoms with van der Waals surface area (Å²) in [6.45, 7) is 0. The Morgan fingerprint density at radius 1 is 1.11 bits per heavy atom. The zero-order valence-corrected chi connectivity index (χ0v) is 12.2. The molecule has 0 aliphatic carbocycles. The van der Waals surface area contributed by atoms with E-state index in [2.05, 4.69) is 20.9 Å². The van der Waals surface area contributed by atoms with E-state index in [9.17, 15) is 5.11 Å². The fraction of sp³-hybridized carbons (Fsp3) is 0. The molecule has 0 saturated heterocycles. The minimum atomic E-state index is -0.0260. The Morgan fingerprint density at radius 2 is 1.78 bits per heavy atom. The van der Waals surface area contributed by atoms with Gasteiger partial charge in [0.15, 0.2) is 0 Å². The molecule has 0 aliphatic rings. The number of hydrogen-bond acceptors (Lipinski definition) is 2. The smallest absolute Gasteiger partial charge is 0.143 e. The Kier molecular flexibility index (Phi) is 4.27. The largest absolute Gasteiger partial charge is 0.506 e. The van der Waals surface area contributed by atoms with Crippen molar-refractivity contribution in [3.8, 4) is 5.75 Å². The van der Waals surface area contributed by atoms with E-state index < -0.39 is 0 Å². The van der Waals surface area contributed by atoms with Crippen molar-refractivity contribution >= 4 is 51.0 Å². The third-order valence-corrected chi connectivity index (χ3v) is 3.27. The van der Waals surface area contributed by atoms with Crippen LogP contribution in [0.25, 0.3) is 0 Å².